The van der Waals surface area contributed by atoms with E-state index in [0.717, 1.165) is 5.56 Å². The van der Waals surface area contributed by atoms with Crippen molar-refractivity contribution in [1.82, 2.24) is 15.0 Å². The van der Waals surface area contributed by atoms with Gasteiger partial charge in [-0.15, -0.1) is 11.3 Å². The Labute approximate surface area is 118 Å². The zero-order valence-electron chi connectivity index (χ0n) is 10.9. The minimum Gasteiger partial charge on any atom is -0.306 e. The third kappa shape index (κ3) is 1.94. The number of fused-ring (bicyclic) bond motifs is 1. The van der Waals surface area contributed by atoms with Gasteiger partial charge >= 0.3 is 0 Å². The quantitative estimate of drug-likeness (QED) is 0.734. The van der Waals surface area contributed by atoms with Crippen LogP contribution < -0.4 is 5.56 Å². The van der Waals surface area contributed by atoms with Gasteiger partial charge in [0.05, 0.1) is 10.3 Å². The minimum atomic E-state index is -0.219. The van der Waals surface area contributed by atoms with Crippen LogP contribution in [0.5, 0.6) is 0 Å². The summed E-state index contributed by atoms with van der Waals surface area (Å²) in [5.41, 5.74) is 1.27. The highest BCUT2D eigenvalue weighted by Gasteiger charge is 2.17. The van der Waals surface area contributed by atoms with Crippen LogP contribution in [0.25, 0.3) is 21.6 Å². The Morgan fingerprint density at radius 3 is 2.65 bits per heavy atom. The molecule has 0 unspecified atom stereocenters. The van der Waals surface area contributed by atoms with Crippen molar-refractivity contribution in [3.05, 3.63) is 45.3 Å². The number of nitrogens with zero attached hydrogens (tertiary/aromatic N) is 2. The van der Waals surface area contributed by atoms with Crippen molar-refractivity contribution < 1.29 is 4.79 Å². The Morgan fingerprint density at radius 1 is 1.30 bits per heavy atom. The number of rotatable bonds is 2. The van der Waals surface area contributed by atoms with Gasteiger partial charge in [-0.05, 0) is 31.5 Å². The number of carbonyl (C=O) groups is 1. The van der Waals surface area contributed by atoms with E-state index in [1.54, 1.807) is 31.5 Å². The van der Waals surface area contributed by atoms with Gasteiger partial charge in [0, 0.05) is 18.0 Å². The highest BCUT2D eigenvalue weighted by Crippen LogP contribution is 2.28. The summed E-state index contributed by atoms with van der Waals surface area (Å²) in [6, 6.07) is 3.55. The molecule has 20 heavy (non-hydrogen) atoms. The molecule has 5 nitrogen and oxygen atoms in total. The Morgan fingerprint density at radius 2 is 2.00 bits per heavy atom. The Hall–Kier alpha value is -2.34. The van der Waals surface area contributed by atoms with E-state index < -0.39 is 0 Å². The van der Waals surface area contributed by atoms with Gasteiger partial charge in [0.25, 0.3) is 5.56 Å². The molecule has 3 rings (SSSR count). The first-order valence-corrected chi connectivity index (χ1v) is 6.84. The van der Waals surface area contributed by atoms with Crippen LogP contribution in [0.1, 0.15) is 22.2 Å². The Kier molecular flexibility index (Phi) is 2.94. The highest BCUT2D eigenvalue weighted by molar-refractivity contribution is 7.20. The number of thiophene rings is 1. The van der Waals surface area contributed by atoms with Crippen LogP contribution in [0, 0.1) is 6.92 Å². The topological polar surface area (TPSA) is 75.7 Å². The van der Waals surface area contributed by atoms with Crippen LogP contribution >= 0.6 is 11.3 Å². The lowest BCUT2D eigenvalue weighted by Gasteiger charge is -2.00. The van der Waals surface area contributed by atoms with Crippen LogP contribution in [0.4, 0.5) is 0 Å². The predicted octanol–water partition coefficient (Wildman–Crippen LogP) is 2.56. The Bertz CT molecular complexity index is 865. The molecule has 0 amide bonds. The number of ketones is 1. The largest absolute Gasteiger partial charge is 0.306 e. The first-order chi connectivity index (χ1) is 9.58. The Balaban J connectivity index is 2.31. The fourth-order valence-electron chi connectivity index (χ4n) is 2.13. The van der Waals surface area contributed by atoms with Crippen LogP contribution in [-0.2, 0) is 0 Å². The number of Topliss-reactive ketones (excluding diaryl/α,β-unsaturated/α-hetero) is 1. The summed E-state index contributed by atoms with van der Waals surface area (Å²) in [4.78, 5) is 36.1. The van der Waals surface area contributed by atoms with Gasteiger partial charge in [-0.1, -0.05) is 0 Å². The summed E-state index contributed by atoms with van der Waals surface area (Å²) >= 11 is 1.26. The first-order valence-electron chi connectivity index (χ1n) is 6.02. The number of carbonyl (C=O) groups excluding carboxylic acids is 1. The first kappa shape index (κ1) is 12.7. The monoisotopic (exact) mass is 285 g/mol. The lowest BCUT2D eigenvalue weighted by atomic mass is 10.2. The molecule has 0 aromatic carbocycles. The highest BCUT2D eigenvalue weighted by atomic mass is 32.1. The molecule has 0 saturated heterocycles. The molecule has 0 radical (unpaired) electrons. The van der Waals surface area contributed by atoms with Crippen molar-refractivity contribution in [2.24, 2.45) is 0 Å². The molecule has 3 heterocycles. The number of hydrogen-bond donors (Lipinski definition) is 1. The second-order valence-electron chi connectivity index (χ2n) is 4.44. The number of nitrogens with one attached hydrogen (secondary N) is 1. The molecule has 1 N–H and O–H groups in total. The van der Waals surface area contributed by atoms with Crippen molar-refractivity contribution in [3.8, 4) is 11.4 Å². The van der Waals surface area contributed by atoms with Crippen LogP contribution in [0.2, 0.25) is 0 Å². The number of hydrogen-bond acceptors (Lipinski definition) is 5. The van der Waals surface area contributed by atoms with E-state index >= 15 is 0 Å². The number of pyridine rings is 1. The van der Waals surface area contributed by atoms with E-state index in [-0.39, 0.29) is 11.3 Å². The molecule has 0 fully saturated rings. The van der Waals surface area contributed by atoms with Crippen LogP contribution in [-0.4, -0.2) is 20.7 Å². The molecular formula is C14H11N3O2S. The van der Waals surface area contributed by atoms with Crippen molar-refractivity contribution in [2.75, 3.05) is 0 Å². The van der Waals surface area contributed by atoms with E-state index in [9.17, 15) is 9.59 Å². The molecule has 0 atom stereocenters. The average Bonchev–Trinajstić information content (AvgIpc) is 2.77. The molecule has 0 saturated carbocycles. The molecule has 6 heteroatoms. The SMILES string of the molecule is CC(=O)c1sc2nc(-c3ccncc3)[nH]c(=O)c2c1C. The second-order valence-corrected chi connectivity index (χ2v) is 5.44. The molecule has 0 aliphatic heterocycles. The third-order valence-electron chi connectivity index (χ3n) is 3.07. The summed E-state index contributed by atoms with van der Waals surface area (Å²) in [7, 11) is 0. The summed E-state index contributed by atoms with van der Waals surface area (Å²) in [5.74, 6) is 0.441. The van der Waals surface area contributed by atoms with Crippen molar-refractivity contribution in [3.63, 3.8) is 0 Å². The molecule has 0 spiro atoms. The normalized spacial score (nSPS) is 10.9. The van der Waals surface area contributed by atoms with Crippen molar-refractivity contribution in [1.29, 1.82) is 0 Å². The molecule has 100 valence electrons. The van der Waals surface area contributed by atoms with Crippen molar-refractivity contribution >= 4 is 27.3 Å². The average molecular weight is 285 g/mol. The van der Waals surface area contributed by atoms with Gasteiger partial charge in [-0.2, -0.15) is 0 Å². The van der Waals surface area contributed by atoms with E-state index in [4.69, 9.17) is 0 Å². The van der Waals surface area contributed by atoms with Gasteiger partial charge in [-0.25, -0.2) is 4.98 Å². The molecular weight excluding hydrogens is 274 g/mol. The third-order valence-corrected chi connectivity index (χ3v) is 4.36. The molecule has 0 aliphatic rings. The van der Waals surface area contributed by atoms with Crippen LogP contribution in [0.3, 0.4) is 0 Å². The fourth-order valence-corrected chi connectivity index (χ4v) is 3.20. The zero-order valence-corrected chi connectivity index (χ0v) is 11.7. The molecule has 0 aliphatic carbocycles. The summed E-state index contributed by atoms with van der Waals surface area (Å²) in [5, 5.41) is 0.498. The van der Waals surface area contributed by atoms with E-state index in [0.29, 0.717) is 26.5 Å². The van der Waals surface area contributed by atoms with E-state index in [2.05, 4.69) is 15.0 Å². The fraction of sp³-hybridized carbons (Fsp3) is 0.143. The summed E-state index contributed by atoms with van der Waals surface area (Å²) in [6.45, 7) is 3.27. The summed E-state index contributed by atoms with van der Waals surface area (Å²) in [6.07, 6.45) is 3.28. The van der Waals surface area contributed by atoms with Gasteiger partial charge in [0.15, 0.2) is 5.78 Å². The van der Waals surface area contributed by atoms with E-state index in [1.165, 1.54) is 18.3 Å². The van der Waals surface area contributed by atoms with Crippen molar-refractivity contribution in [2.45, 2.75) is 13.8 Å². The maximum Gasteiger partial charge on any atom is 0.260 e. The predicted molar refractivity (Wildman–Crippen MR) is 78.2 cm³/mol. The maximum atomic E-state index is 12.2. The minimum absolute atomic E-state index is 0.0460. The van der Waals surface area contributed by atoms with Gasteiger partial charge in [0.1, 0.15) is 10.7 Å². The lowest BCUT2D eigenvalue weighted by Crippen LogP contribution is -2.09. The van der Waals surface area contributed by atoms with Gasteiger partial charge in [0.2, 0.25) is 0 Å². The number of H-pyrrole nitrogens is 1. The zero-order chi connectivity index (χ0) is 14.3. The van der Waals surface area contributed by atoms with Gasteiger partial charge in [-0.3, -0.25) is 14.6 Å². The smallest absolute Gasteiger partial charge is 0.260 e. The maximum absolute atomic E-state index is 12.2. The number of aromatic nitrogens is 3. The standard InChI is InChI=1S/C14H11N3O2S/c1-7-10-13(19)16-12(9-3-5-15-6-4-9)17-14(10)20-11(7)8(2)18/h3-6H,1-2H3,(H,16,17,19). The lowest BCUT2D eigenvalue weighted by molar-refractivity contribution is 0.102. The molecule has 3 aromatic rings. The molecule has 0 bridgehead atoms. The molecule has 3 aromatic heterocycles. The van der Waals surface area contributed by atoms with Crippen LogP contribution in [0.15, 0.2) is 29.3 Å². The number of aryl methyl sites for hydroxylation is 1. The second kappa shape index (κ2) is 4.64. The van der Waals surface area contributed by atoms with E-state index in [1.807, 2.05) is 0 Å². The number of aromatic amines is 1. The summed E-state index contributed by atoms with van der Waals surface area (Å²) < 4.78 is 0. The van der Waals surface area contributed by atoms with Gasteiger partial charge < -0.3 is 4.98 Å².